The second-order valence-electron chi connectivity index (χ2n) is 5.25. The van der Waals surface area contributed by atoms with Gasteiger partial charge in [-0.3, -0.25) is 0 Å². The summed E-state index contributed by atoms with van der Waals surface area (Å²) in [5.74, 6) is -0.762. The predicted octanol–water partition coefficient (Wildman–Crippen LogP) is 4.77. The molecule has 1 nitrogen and oxygen atoms in total. The lowest BCUT2D eigenvalue weighted by molar-refractivity contribution is -0.184. The van der Waals surface area contributed by atoms with Gasteiger partial charge in [0.2, 0.25) is 0 Å². The van der Waals surface area contributed by atoms with E-state index in [2.05, 4.69) is 16.8 Å². The fourth-order valence-electron chi connectivity index (χ4n) is 3.01. The number of nitrogens with one attached hydrogen (secondary N) is 1. The van der Waals surface area contributed by atoms with Crippen LogP contribution in [0.5, 0.6) is 0 Å². The molecule has 0 aromatic carbocycles. The van der Waals surface area contributed by atoms with E-state index >= 15 is 0 Å². The van der Waals surface area contributed by atoms with Gasteiger partial charge in [-0.1, -0.05) is 6.92 Å². The normalized spacial score (nSPS) is 26.3. The van der Waals surface area contributed by atoms with Gasteiger partial charge >= 0.3 is 6.18 Å². The van der Waals surface area contributed by atoms with Crippen molar-refractivity contribution in [3.05, 3.63) is 22.4 Å². The molecule has 0 saturated heterocycles. The number of thiophene rings is 1. The Morgan fingerprint density at radius 3 is 2.47 bits per heavy atom. The summed E-state index contributed by atoms with van der Waals surface area (Å²) < 4.78 is 38.0. The Morgan fingerprint density at radius 2 is 2.00 bits per heavy atom. The first-order valence-electron chi connectivity index (χ1n) is 6.84. The van der Waals surface area contributed by atoms with Crippen molar-refractivity contribution in [2.75, 3.05) is 6.54 Å². The van der Waals surface area contributed by atoms with Crippen molar-refractivity contribution in [3.8, 4) is 0 Å². The van der Waals surface area contributed by atoms with E-state index in [-0.39, 0.29) is 18.9 Å². The minimum Gasteiger partial charge on any atom is -0.310 e. The summed E-state index contributed by atoms with van der Waals surface area (Å²) in [4.78, 5) is 0. The highest BCUT2D eigenvalue weighted by atomic mass is 32.1. The molecule has 1 N–H and O–H groups in total. The first kappa shape index (κ1) is 14.9. The van der Waals surface area contributed by atoms with Crippen LogP contribution in [0.1, 0.15) is 44.2 Å². The van der Waals surface area contributed by atoms with Crippen molar-refractivity contribution >= 4 is 11.3 Å². The highest BCUT2D eigenvalue weighted by Crippen LogP contribution is 2.43. The van der Waals surface area contributed by atoms with Crippen molar-refractivity contribution < 1.29 is 13.2 Å². The van der Waals surface area contributed by atoms with E-state index in [0.717, 1.165) is 6.54 Å². The number of hydrogen-bond acceptors (Lipinski definition) is 2. The smallest absolute Gasteiger partial charge is 0.310 e. The maximum atomic E-state index is 12.7. The SMILES string of the molecule is CCNC(c1ccsc1)C1CCC(C(F)(F)F)CC1. The van der Waals surface area contributed by atoms with Gasteiger partial charge in [0.15, 0.2) is 0 Å². The zero-order valence-electron chi connectivity index (χ0n) is 11.0. The fourth-order valence-corrected chi connectivity index (χ4v) is 3.70. The summed E-state index contributed by atoms with van der Waals surface area (Å²) in [7, 11) is 0. The molecule has 1 aliphatic rings. The van der Waals surface area contributed by atoms with Crippen LogP contribution in [0.3, 0.4) is 0 Å². The molecular formula is C14H20F3NS. The third kappa shape index (κ3) is 3.72. The lowest BCUT2D eigenvalue weighted by Crippen LogP contribution is -2.34. The van der Waals surface area contributed by atoms with E-state index in [1.165, 1.54) is 5.56 Å². The Balaban J connectivity index is 1.98. The van der Waals surface area contributed by atoms with Crippen LogP contribution < -0.4 is 5.32 Å². The molecule has 0 amide bonds. The van der Waals surface area contributed by atoms with Gasteiger partial charge in [0.05, 0.1) is 5.92 Å². The summed E-state index contributed by atoms with van der Waals surface area (Å²) in [6.45, 7) is 2.89. The zero-order valence-corrected chi connectivity index (χ0v) is 11.9. The van der Waals surface area contributed by atoms with Gasteiger partial charge in [0, 0.05) is 6.04 Å². The van der Waals surface area contributed by atoms with Crippen molar-refractivity contribution in [2.24, 2.45) is 11.8 Å². The molecule has 1 unspecified atom stereocenters. The lowest BCUT2D eigenvalue weighted by atomic mass is 9.77. The summed E-state index contributed by atoms with van der Waals surface area (Å²) in [5, 5.41) is 7.56. The van der Waals surface area contributed by atoms with Crippen LogP contribution in [0.25, 0.3) is 0 Å². The standard InChI is InChI=1S/C14H20F3NS/c1-2-18-13(11-7-8-19-9-11)10-3-5-12(6-4-10)14(15,16)17/h7-10,12-13,18H,2-6H2,1H3. The van der Waals surface area contributed by atoms with Crippen LogP contribution in [0.15, 0.2) is 16.8 Å². The third-order valence-electron chi connectivity index (χ3n) is 4.03. The first-order chi connectivity index (χ1) is 9.02. The monoisotopic (exact) mass is 291 g/mol. The highest BCUT2D eigenvalue weighted by Gasteiger charge is 2.42. The minimum atomic E-state index is -4.01. The third-order valence-corrected chi connectivity index (χ3v) is 4.73. The van der Waals surface area contributed by atoms with Crippen molar-refractivity contribution in [1.82, 2.24) is 5.32 Å². The molecule has 1 aromatic heterocycles. The predicted molar refractivity (Wildman–Crippen MR) is 72.2 cm³/mol. The van der Waals surface area contributed by atoms with Crippen LogP contribution in [-0.2, 0) is 0 Å². The first-order valence-corrected chi connectivity index (χ1v) is 7.78. The largest absolute Gasteiger partial charge is 0.391 e. The van der Waals surface area contributed by atoms with Crippen molar-refractivity contribution in [3.63, 3.8) is 0 Å². The Bertz CT molecular complexity index is 367. The number of rotatable bonds is 4. The molecule has 0 bridgehead atoms. The molecule has 108 valence electrons. The molecule has 1 atom stereocenters. The fraction of sp³-hybridized carbons (Fsp3) is 0.714. The number of alkyl halides is 3. The summed E-state index contributed by atoms with van der Waals surface area (Å²) >= 11 is 1.64. The van der Waals surface area contributed by atoms with Gasteiger partial charge in [-0.25, -0.2) is 0 Å². The Labute approximate surface area is 116 Å². The minimum absolute atomic E-state index is 0.213. The number of hydrogen-bond donors (Lipinski definition) is 1. The summed E-state index contributed by atoms with van der Waals surface area (Å²) in [6, 6.07) is 2.29. The van der Waals surface area contributed by atoms with Gasteiger partial charge in [-0.15, -0.1) is 0 Å². The second kappa shape index (κ2) is 6.27. The van der Waals surface area contributed by atoms with E-state index in [4.69, 9.17) is 0 Å². The van der Waals surface area contributed by atoms with Gasteiger partial charge in [0.25, 0.3) is 0 Å². The lowest BCUT2D eigenvalue weighted by Gasteiger charge is -2.34. The molecule has 19 heavy (non-hydrogen) atoms. The maximum absolute atomic E-state index is 12.7. The number of halogens is 3. The molecule has 0 spiro atoms. The van der Waals surface area contributed by atoms with Gasteiger partial charge in [0.1, 0.15) is 0 Å². The van der Waals surface area contributed by atoms with Gasteiger partial charge in [-0.05, 0) is 60.5 Å². The summed E-state index contributed by atoms with van der Waals surface area (Å²) in [6.07, 6.45) is -2.13. The molecule has 1 aromatic rings. The Hall–Kier alpha value is -0.550. The van der Waals surface area contributed by atoms with Crippen LogP contribution in [0, 0.1) is 11.8 Å². The summed E-state index contributed by atoms with van der Waals surface area (Å²) in [5.41, 5.74) is 1.22. The van der Waals surface area contributed by atoms with Crippen molar-refractivity contribution in [1.29, 1.82) is 0 Å². The van der Waals surface area contributed by atoms with Crippen LogP contribution in [0.2, 0.25) is 0 Å². The maximum Gasteiger partial charge on any atom is 0.391 e. The molecule has 0 aliphatic heterocycles. The van der Waals surface area contributed by atoms with Gasteiger partial charge in [-0.2, -0.15) is 24.5 Å². The van der Waals surface area contributed by atoms with E-state index in [1.807, 2.05) is 12.3 Å². The van der Waals surface area contributed by atoms with Crippen LogP contribution >= 0.6 is 11.3 Å². The average molecular weight is 291 g/mol. The molecule has 1 saturated carbocycles. The molecule has 1 fully saturated rings. The van der Waals surface area contributed by atoms with Crippen LogP contribution in [0.4, 0.5) is 13.2 Å². The molecule has 1 heterocycles. The van der Waals surface area contributed by atoms with E-state index < -0.39 is 12.1 Å². The quantitative estimate of drug-likeness (QED) is 0.842. The molecular weight excluding hydrogens is 271 g/mol. The molecule has 5 heteroatoms. The molecule has 1 aliphatic carbocycles. The van der Waals surface area contributed by atoms with E-state index in [1.54, 1.807) is 11.3 Å². The zero-order chi connectivity index (χ0) is 13.9. The van der Waals surface area contributed by atoms with E-state index in [0.29, 0.717) is 18.8 Å². The Kier molecular flexibility index (Phi) is 4.90. The Morgan fingerprint density at radius 1 is 1.32 bits per heavy atom. The van der Waals surface area contributed by atoms with E-state index in [9.17, 15) is 13.2 Å². The van der Waals surface area contributed by atoms with Crippen LogP contribution in [-0.4, -0.2) is 12.7 Å². The topological polar surface area (TPSA) is 12.0 Å². The molecule has 2 rings (SSSR count). The second-order valence-corrected chi connectivity index (χ2v) is 6.03. The van der Waals surface area contributed by atoms with Crippen molar-refractivity contribution in [2.45, 2.75) is 44.8 Å². The van der Waals surface area contributed by atoms with Gasteiger partial charge < -0.3 is 5.32 Å². The highest BCUT2D eigenvalue weighted by molar-refractivity contribution is 7.07. The average Bonchev–Trinajstić information content (AvgIpc) is 2.89. The molecule has 0 radical (unpaired) electrons.